The van der Waals surface area contributed by atoms with Gasteiger partial charge in [-0.25, -0.2) is 8.78 Å². The summed E-state index contributed by atoms with van der Waals surface area (Å²) in [4.78, 5) is 24.3. The lowest BCUT2D eigenvalue weighted by Gasteiger charge is -2.15. The topological polar surface area (TPSA) is 46.2 Å². The molecule has 0 radical (unpaired) electrons. The van der Waals surface area contributed by atoms with Gasteiger partial charge in [0, 0.05) is 0 Å². The van der Waals surface area contributed by atoms with Crippen molar-refractivity contribution in [1.82, 2.24) is 5.32 Å². The van der Waals surface area contributed by atoms with Crippen LogP contribution < -0.4 is 5.32 Å². The fourth-order valence-electron chi connectivity index (χ4n) is 2.14. The summed E-state index contributed by atoms with van der Waals surface area (Å²) in [6, 6.07) is 11.1. The molecule has 2 aromatic rings. The average molecular weight is 317 g/mol. The summed E-state index contributed by atoms with van der Waals surface area (Å²) in [6.45, 7) is 3.27. The molecule has 2 unspecified atom stereocenters. The summed E-state index contributed by atoms with van der Waals surface area (Å²) in [7, 11) is 0. The lowest BCUT2D eigenvalue weighted by molar-refractivity contribution is -0.131. The molecule has 1 N–H and O–H groups in total. The second kappa shape index (κ2) is 7.13. The van der Waals surface area contributed by atoms with Gasteiger partial charge in [0.1, 0.15) is 11.6 Å². The summed E-state index contributed by atoms with van der Waals surface area (Å²) in [5.41, 5.74) is 1.23. The van der Waals surface area contributed by atoms with Crippen LogP contribution in [0.3, 0.4) is 0 Å². The van der Waals surface area contributed by atoms with E-state index in [-0.39, 0.29) is 11.6 Å². The second-order valence-electron chi connectivity index (χ2n) is 5.40. The Hall–Kier alpha value is -2.56. The van der Waals surface area contributed by atoms with Crippen LogP contribution in [-0.4, -0.2) is 11.8 Å². The molecule has 0 fully saturated rings. The number of benzene rings is 2. The number of hydrogen-bond acceptors (Lipinski definition) is 2. The van der Waals surface area contributed by atoms with Crippen molar-refractivity contribution in [2.24, 2.45) is 0 Å². The zero-order valence-electron chi connectivity index (χ0n) is 12.8. The summed E-state index contributed by atoms with van der Waals surface area (Å²) in [5.74, 6) is -2.86. The van der Waals surface area contributed by atoms with E-state index in [4.69, 9.17) is 0 Å². The molecule has 2 atom stereocenters. The highest BCUT2D eigenvalue weighted by molar-refractivity contribution is 6.00. The molecule has 120 valence electrons. The summed E-state index contributed by atoms with van der Waals surface area (Å²) in [6.07, 6.45) is 0. The van der Waals surface area contributed by atoms with Crippen LogP contribution in [0.25, 0.3) is 0 Å². The van der Waals surface area contributed by atoms with Crippen molar-refractivity contribution in [3.8, 4) is 0 Å². The molecule has 2 rings (SSSR count). The summed E-state index contributed by atoms with van der Waals surface area (Å²) < 4.78 is 25.8. The molecule has 0 aliphatic rings. The zero-order chi connectivity index (χ0) is 17.0. The van der Waals surface area contributed by atoms with E-state index < -0.39 is 23.7 Å². The molecular formula is C18H17F2NO2. The number of hydrogen-bond donors (Lipinski definition) is 1. The van der Waals surface area contributed by atoms with E-state index in [9.17, 15) is 18.4 Å². The molecule has 0 heterocycles. The van der Waals surface area contributed by atoms with E-state index in [1.54, 1.807) is 13.8 Å². The van der Waals surface area contributed by atoms with Crippen molar-refractivity contribution in [3.63, 3.8) is 0 Å². The molecule has 0 bridgehead atoms. The first-order chi connectivity index (χ1) is 10.9. The third-order valence-corrected chi connectivity index (χ3v) is 3.77. The van der Waals surface area contributed by atoms with Crippen LogP contribution in [0.4, 0.5) is 8.78 Å². The minimum Gasteiger partial charge on any atom is -0.295 e. The average Bonchev–Trinajstić information content (AvgIpc) is 2.54. The van der Waals surface area contributed by atoms with Crippen LogP contribution >= 0.6 is 0 Å². The molecule has 0 saturated heterocycles. The molecule has 0 aliphatic carbocycles. The van der Waals surface area contributed by atoms with Gasteiger partial charge in [0.25, 0.3) is 0 Å². The maximum Gasteiger partial charge on any atom is 0.233 e. The molecule has 2 amide bonds. The quantitative estimate of drug-likeness (QED) is 0.938. The Morgan fingerprint density at radius 2 is 1.04 bits per heavy atom. The maximum atomic E-state index is 12.9. The number of halogens is 2. The Morgan fingerprint density at radius 3 is 1.35 bits per heavy atom. The number of amides is 2. The molecule has 5 heteroatoms. The molecular weight excluding hydrogens is 300 g/mol. The number of imide groups is 1. The lowest BCUT2D eigenvalue weighted by Crippen LogP contribution is -2.36. The van der Waals surface area contributed by atoms with Crippen molar-refractivity contribution >= 4 is 11.8 Å². The second-order valence-corrected chi connectivity index (χ2v) is 5.40. The summed E-state index contributed by atoms with van der Waals surface area (Å²) in [5, 5.41) is 2.34. The number of carbonyl (C=O) groups excluding carboxylic acids is 2. The van der Waals surface area contributed by atoms with Gasteiger partial charge in [-0.15, -0.1) is 0 Å². The molecule has 0 aliphatic heterocycles. The first-order valence-electron chi connectivity index (χ1n) is 7.24. The van der Waals surface area contributed by atoms with Crippen molar-refractivity contribution in [1.29, 1.82) is 0 Å². The first-order valence-corrected chi connectivity index (χ1v) is 7.24. The minimum atomic E-state index is -0.583. The minimum absolute atomic E-state index is 0.387. The Balaban J connectivity index is 2.02. The highest BCUT2D eigenvalue weighted by Crippen LogP contribution is 2.18. The fraction of sp³-hybridized carbons (Fsp3) is 0.222. The normalized spacial score (nSPS) is 13.2. The van der Waals surface area contributed by atoms with Gasteiger partial charge < -0.3 is 0 Å². The Labute approximate surface area is 133 Å². The standard InChI is InChI=1S/C18H17F2NO2/c1-11(13-3-7-15(19)8-4-13)17(22)21-18(23)12(2)14-5-9-16(20)10-6-14/h3-12H,1-2H3,(H,21,22,23). The van der Waals surface area contributed by atoms with Crippen molar-refractivity contribution in [2.75, 3.05) is 0 Å². The van der Waals surface area contributed by atoms with Crippen LogP contribution in [-0.2, 0) is 9.59 Å². The van der Waals surface area contributed by atoms with E-state index in [0.717, 1.165) is 0 Å². The molecule has 0 aromatic heterocycles. The van der Waals surface area contributed by atoms with Gasteiger partial charge in [-0.3, -0.25) is 14.9 Å². The van der Waals surface area contributed by atoms with Crippen molar-refractivity contribution in [3.05, 3.63) is 71.3 Å². The number of carbonyl (C=O) groups is 2. The van der Waals surface area contributed by atoms with E-state index in [0.29, 0.717) is 11.1 Å². The molecule has 2 aromatic carbocycles. The fourth-order valence-corrected chi connectivity index (χ4v) is 2.14. The van der Waals surface area contributed by atoms with Crippen LogP contribution in [0.1, 0.15) is 36.8 Å². The van der Waals surface area contributed by atoms with Crippen LogP contribution in [0.5, 0.6) is 0 Å². The van der Waals surface area contributed by atoms with Gasteiger partial charge in [-0.05, 0) is 49.2 Å². The van der Waals surface area contributed by atoms with Gasteiger partial charge in [0.2, 0.25) is 11.8 Å². The van der Waals surface area contributed by atoms with E-state index >= 15 is 0 Å². The highest BCUT2D eigenvalue weighted by Gasteiger charge is 2.22. The number of nitrogens with one attached hydrogen (secondary N) is 1. The van der Waals surface area contributed by atoms with Crippen molar-refractivity contribution in [2.45, 2.75) is 25.7 Å². The SMILES string of the molecule is CC(C(=O)NC(=O)C(C)c1ccc(F)cc1)c1ccc(F)cc1. The predicted molar refractivity (Wildman–Crippen MR) is 82.8 cm³/mol. The first kappa shape index (κ1) is 16.8. The van der Waals surface area contributed by atoms with Gasteiger partial charge in [0.05, 0.1) is 11.8 Å². The summed E-state index contributed by atoms with van der Waals surface area (Å²) >= 11 is 0. The van der Waals surface area contributed by atoms with Crippen molar-refractivity contribution < 1.29 is 18.4 Å². The highest BCUT2D eigenvalue weighted by atomic mass is 19.1. The molecule has 23 heavy (non-hydrogen) atoms. The Bertz CT molecular complexity index is 634. The van der Waals surface area contributed by atoms with E-state index in [1.165, 1.54) is 48.5 Å². The van der Waals surface area contributed by atoms with Gasteiger partial charge >= 0.3 is 0 Å². The predicted octanol–water partition coefficient (Wildman–Crippen LogP) is 3.51. The third kappa shape index (κ3) is 4.22. The molecule has 3 nitrogen and oxygen atoms in total. The van der Waals surface area contributed by atoms with Crippen LogP contribution in [0, 0.1) is 11.6 Å². The van der Waals surface area contributed by atoms with Crippen LogP contribution in [0.15, 0.2) is 48.5 Å². The smallest absolute Gasteiger partial charge is 0.233 e. The van der Waals surface area contributed by atoms with E-state index in [2.05, 4.69) is 5.32 Å². The van der Waals surface area contributed by atoms with Gasteiger partial charge in [-0.1, -0.05) is 24.3 Å². The molecule has 0 spiro atoms. The Kier molecular flexibility index (Phi) is 5.21. The molecule has 0 saturated carbocycles. The lowest BCUT2D eigenvalue weighted by atomic mass is 9.98. The third-order valence-electron chi connectivity index (χ3n) is 3.77. The monoisotopic (exact) mass is 317 g/mol. The Morgan fingerprint density at radius 1 is 0.739 bits per heavy atom. The van der Waals surface area contributed by atoms with Crippen LogP contribution in [0.2, 0.25) is 0 Å². The zero-order valence-corrected chi connectivity index (χ0v) is 12.8. The van der Waals surface area contributed by atoms with Gasteiger partial charge in [0.15, 0.2) is 0 Å². The number of rotatable bonds is 4. The largest absolute Gasteiger partial charge is 0.295 e. The van der Waals surface area contributed by atoms with E-state index in [1.807, 2.05) is 0 Å². The maximum absolute atomic E-state index is 12.9. The van der Waals surface area contributed by atoms with Gasteiger partial charge in [-0.2, -0.15) is 0 Å².